The van der Waals surface area contributed by atoms with Crippen LogP contribution in [0, 0.1) is 17.2 Å². The molecule has 0 radical (unpaired) electrons. The monoisotopic (exact) mass is 269 g/mol. The van der Waals surface area contributed by atoms with Crippen molar-refractivity contribution in [2.45, 2.75) is 39.0 Å². The second-order valence-corrected chi connectivity index (χ2v) is 6.25. The van der Waals surface area contributed by atoms with Crippen molar-refractivity contribution in [1.29, 1.82) is 0 Å². The maximum absolute atomic E-state index is 13.8. The Morgan fingerprint density at radius 3 is 2.94 bits per heavy atom. The van der Waals surface area contributed by atoms with Gasteiger partial charge in [0.2, 0.25) is 0 Å². The van der Waals surface area contributed by atoms with Crippen LogP contribution in [0.4, 0.5) is 4.39 Å². The average Bonchev–Trinajstić information content (AvgIpc) is 2.34. The zero-order chi connectivity index (χ0) is 13.2. The first-order chi connectivity index (χ1) is 8.54. The molecule has 0 amide bonds. The molecule has 1 aliphatic rings. The predicted octanol–water partition coefficient (Wildman–Crippen LogP) is 4.18. The highest BCUT2D eigenvalue weighted by molar-refractivity contribution is 6.30. The summed E-state index contributed by atoms with van der Waals surface area (Å²) in [5.74, 6) is 0.523. The zero-order valence-corrected chi connectivity index (χ0v) is 11.6. The summed E-state index contributed by atoms with van der Waals surface area (Å²) < 4.78 is 13.8. The van der Waals surface area contributed by atoms with Crippen molar-refractivity contribution in [2.24, 2.45) is 17.1 Å². The van der Waals surface area contributed by atoms with E-state index in [1.165, 1.54) is 18.9 Å². The number of rotatable bonds is 3. The van der Waals surface area contributed by atoms with E-state index in [0.29, 0.717) is 29.5 Å². The van der Waals surface area contributed by atoms with Crippen LogP contribution in [0.2, 0.25) is 5.02 Å². The van der Waals surface area contributed by atoms with E-state index in [2.05, 4.69) is 6.92 Å². The molecule has 0 saturated heterocycles. The minimum Gasteiger partial charge on any atom is -0.330 e. The molecule has 2 rings (SSSR count). The molecule has 1 aromatic carbocycles. The van der Waals surface area contributed by atoms with Gasteiger partial charge in [-0.25, -0.2) is 4.39 Å². The van der Waals surface area contributed by atoms with Crippen molar-refractivity contribution in [3.05, 3.63) is 34.6 Å². The minimum atomic E-state index is -0.162. The van der Waals surface area contributed by atoms with Crippen LogP contribution in [0.15, 0.2) is 18.2 Å². The summed E-state index contributed by atoms with van der Waals surface area (Å²) in [4.78, 5) is 0. The van der Waals surface area contributed by atoms with E-state index in [-0.39, 0.29) is 11.2 Å². The van der Waals surface area contributed by atoms with Gasteiger partial charge < -0.3 is 5.73 Å². The first-order valence-electron chi connectivity index (χ1n) is 6.69. The lowest BCUT2D eigenvalue weighted by Crippen LogP contribution is -2.37. The third-order valence-corrected chi connectivity index (χ3v) is 4.43. The van der Waals surface area contributed by atoms with Crippen molar-refractivity contribution in [3.8, 4) is 0 Å². The van der Waals surface area contributed by atoms with E-state index in [4.69, 9.17) is 17.3 Å². The molecule has 0 aliphatic heterocycles. The Hall–Kier alpha value is -0.600. The van der Waals surface area contributed by atoms with Crippen LogP contribution < -0.4 is 5.73 Å². The quantitative estimate of drug-likeness (QED) is 0.875. The molecule has 1 saturated carbocycles. The van der Waals surface area contributed by atoms with Gasteiger partial charge in [0.1, 0.15) is 5.82 Å². The van der Waals surface area contributed by atoms with E-state index in [1.54, 1.807) is 12.1 Å². The number of benzene rings is 1. The largest absolute Gasteiger partial charge is 0.330 e. The van der Waals surface area contributed by atoms with Crippen LogP contribution in [-0.4, -0.2) is 6.54 Å². The second kappa shape index (κ2) is 5.58. The van der Waals surface area contributed by atoms with Crippen molar-refractivity contribution < 1.29 is 4.39 Å². The standard InChI is InChI=1S/C15H21ClFN/c1-11-3-2-6-15(8-11,10-18)9-12-7-13(16)4-5-14(12)17/h4-5,7,11H,2-3,6,8-10,18H2,1H3. The molecule has 0 aromatic heterocycles. The van der Waals surface area contributed by atoms with Crippen molar-refractivity contribution in [1.82, 2.24) is 0 Å². The van der Waals surface area contributed by atoms with E-state index in [0.717, 1.165) is 12.8 Å². The summed E-state index contributed by atoms with van der Waals surface area (Å²) in [7, 11) is 0. The summed E-state index contributed by atoms with van der Waals surface area (Å²) in [6.07, 6.45) is 5.36. The smallest absolute Gasteiger partial charge is 0.126 e. The summed E-state index contributed by atoms with van der Waals surface area (Å²) >= 11 is 5.95. The zero-order valence-electron chi connectivity index (χ0n) is 10.9. The maximum atomic E-state index is 13.8. The molecule has 0 bridgehead atoms. The third-order valence-electron chi connectivity index (χ3n) is 4.19. The molecule has 18 heavy (non-hydrogen) atoms. The summed E-state index contributed by atoms with van der Waals surface area (Å²) in [6, 6.07) is 4.79. The fraction of sp³-hybridized carbons (Fsp3) is 0.600. The lowest BCUT2D eigenvalue weighted by atomic mass is 9.67. The Morgan fingerprint density at radius 2 is 2.28 bits per heavy atom. The van der Waals surface area contributed by atoms with Gasteiger partial charge >= 0.3 is 0 Å². The van der Waals surface area contributed by atoms with Crippen LogP contribution in [0.5, 0.6) is 0 Å². The van der Waals surface area contributed by atoms with Gasteiger partial charge in [-0.3, -0.25) is 0 Å². The summed E-state index contributed by atoms with van der Waals surface area (Å²) in [6.45, 7) is 2.89. The lowest BCUT2D eigenvalue weighted by molar-refractivity contribution is 0.152. The van der Waals surface area contributed by atoms with Crippen molar-refractivity contribution in [2.75, 3.05) is 6.54 Å². The molecule has 1 fully saturated rings. The number of nitrogens with two attached hydrogens (primary N) is 1. The highest BCUT2D eigenvalue weighted by Gasteiger charge is 2.34. The van der Waals surface area contributed by atoms with Crippen LogP contribution in [0.25, 0.3) is 0 Å². The molecule has 100 valence electrons. The minimum absolute atomic E-state index is 0.0587. The molecule has 2 N–H and O–H groups in total. The molecule has 1 aromatic rings. The molecule has 1 nitrogen and oxygen atoms in total. The molecule has 2 unspecified atom stereocenters. The third kappa shape index (κ3) is 3.04. The molecular formula is C15H21ClFN. The fourth-order valence-electron chi connectivity index (χ4n) is 3.27. The molecule has 2 atom stereocenters. The Morgan fingerprint density at radius 1 is 1.50 bits per heavy atom. The Labute approximate surface area is 114 Å². The van der Waals surface area contributed by atoms with Crippen LogP contribution >= 0.6 is 11.6 Å². The van der Waals surface area contributed by atoms with Gasteiger partial charge in [0.05, 0.1) is 0 Å². The molecule has 0 heterocycles. The van der Waals surface area contributed by atoms with Crippen molar-refractivity contribution in [3.63, 3.8) is 0 Å². The average molecular weight is 270 g/mol. The normalized spacial score (nSPS) is 28.3. The first-order valence-corrected chi connectivity index (χ1v) is 7.06. The fourth-order valence-corrected chi connectivity index (χ4v) is 3.46. The van der Waals surface area contributed by atoms with Gasteiger partial charge in [-0.1, -0.05) is 31.4 Å². The summed E-state index contributed by atoms with van der Waals surface area (Å²) in [5, 5.41) is 0.599. The number of hydrogen-bond acceptors (Lipinski definition) is 1. The number of halogens is 2. The SMILES string of the molecule is CC1CCCC(CN)(Cc2cc(Cl)ccc2F)C1. The van der Waals surface area contributed by atoms with Gasteiger partial charge in [-0.15, -0.1) is 0 Å². The Bertz CT molecular complexity index is 421. The number of hydrogen-bond donors (Lipinski definition) is 1. The molecule has 3 heteroatoms. The Balaban J connectivity index is 2.21. The van der Waals surface area contributed by atoms with E-state index >= 15 is 0 Å². The topological polar surface area (TPSA) is 26.0 Å². The lowest BCUT2D eigenvalue weighted by Gasteiger charge is -2.39. The van der Waals surface area contributed by atoms with E-state index in [1.807, 2.05) is 0 Å². The summed E-state index contributed by atoms with van der Waals surface area (Å²) in [5.41, 5.74) is 6.75. The highest BCUT2D eigenvalue weighted by atomic mass is 35.5. The van der Waals surface area contributed by atoms with Crippen LogP contribution in [0.3, 0.4) is 0 Å². The van der Waals surface area contributed by atoms with Crippen LogP contribution in [0.1, 0.15) is 38.2 Å². The van der Waals surface area contributed by atoms with Gasteiger partial charge in [-0.05, 0) is 60.9 Å². The first kappa shape index (κ1) is 13.8. The van der Waals surface area contributed by atoms with E-state index in [9.17, 15) is 4.39 Å². The van der Waals surface area contributed by atoms with Gasteiger partial charge in [-0.2, -0.15) is 0 Å². The maximum Gasteiger partial charge on any atom is 0.126 e. The van der Waals surface area contributed by atoms with Gasteiger partial charge in [0.25, 0.3) is 0 Å². The molecule has 1 aliphatic carbocycles. The highest BCUT2D eigenvalue weighted by Crippen LogP contribution is 2.41. The van der Waals surface area contributed by atoms with Crippen molar-refractivity contribution >= 4 is 11.6 Å². The van der Waals surface area contributed by atoms with Gasteiger partial charge in [0.15, 0.2) is 0 Å². The second-order valence-electron chi connectivity index (χ2n) is 5.82. The predicted molar refractivity (Wildman–Crippen MR) is 74.2 cm³/mol. The van der Waals surface area contributed by atoms with Gasteiger partial charge in [0, 0.05) is 5.02 Å². The van der Waals surface area contributed by atoms with E-state index < -0.39 is 0 Å². The molecule has 0 spiro atoms. The van der Waals surface area contributed by atoms with Crippen LogP contribution in [-0.2, 0) is 6.42 Å². The Kier molecular flexibility index (Phi) is 4.29. The molecular weight excluding hydrogens is 249 g/mol.